The van der Waals surface area contributed by atoms with Gasteiger partial charge in [-0.05, 0) is 18.6 Å². The highest BCUT2D eigenvalue weighted by Crippen LogP contribution is 2.22. The molecule has 21 heavy (non-hydrogen) atoms. The molecule has 1 heterocycles. The van der Waals surface area contributed by atoms with E-state index in [1.807, 2.05) is 6.92 Å². The largest absolute Gasteiger partial charge is 0.461 e. The third-order valence-electron chi connectivity index (χ3n) is 2.77. The van der Waals surface area contributed by atoms with Crippen LogP contribution in [0.4, 0.5) is 5.69 Å². The van der Waals surface area contributed by atoms with Crippen LogP contribution in [-0.2, 0) is 4.74 Å². The van der Waals surface area contributed by atoms with Crippen molar-refractivity contribution in [3.8, 4) is 11.5 Å². The van der Waals surface area contributed by atoms with Crippen molar-refractivity contribution in [2.24, 2.45) is 0 Å². The number of hydrogen-bond acceptors (Lipinski definition) is 6. The number of oxazole rings is 1. The van der Waals surface area contributed by atoms with Crippen molar-refractivity contribution in [2.75, 3.05) is 6.61 Å². The van der Waals surface area contributed by atoms with Gasteiger partial charge in [0.2, 0.25) is 5.89 Å². The summed E-state index contributed by atoms with van der Waals surface area (Å²) in [5.74, 6) is -0.326. The van der Waals surface area contributed by atoms with Gasteiger partial charge in [-0.2, -0.15) is 0 Å². The number of benzene rings is 1. The normalized spacial score (nSPS) is 10.3. The first-order valence-corrected chi connectivity index (χ1v) is 6.49. The number of carbonyl (C=O) groups excluding carboxylic acids is 1. The van der Waals surface area contributed by atoms with Crippen molar-refractivity contribution in [3.05, 3.63) is 46.3 Å². The van der Waals surface area contributed by atoms with Crippen LogP contribution in [0.2, 0.25) is 0 Å². The minimum Gasteiger partial charge on any atom is -0.461 e. The summed E-state index contributed by atoms with van der Waals surface area (Å²) in [5, 5.41) is 10.6. The third kappa shape index (κ3) is 3.65. The van der Waals surface area contributed by atoms with Crippen molar-refractivity contribution in [1.82, 2.24) is 4.98 Å². The molecule has 0 fully saturated rings. The predicted octanol–water partition coefficient (Wildman–Crippen LogP) is 3.21. The first-order valence-electron chi connectivity index (χ1n) is 6.49. The molecule has 110 valence electrons. The molecule has 0 aliphatic carbocycles. The Balaban J connectivity index is 2.08. The summed E-state index contributed by atoms with van der Waals surface area (Å²) in [6.07, 6.45) is 2.93. The molecule has 0 unspecified atom stereocenters. The fourth-order valence-electron chi connectivity index (χ4n) is 1.61. The van der Waals surface area contributed by atoms with E-state index in [9.17, 15) is 14.9 Å². The molecule has 7 nitrogen and oxygen atoms in total. The summed E-state index contributed by atoms with van der Waals surface area (Å²) in [6, 6.07) is 5.71. The molecule has 2 rings (SSSR count). The maximum atomic E-state index is 11.7. The molecule has 0 spiro atoms. The van der Waals surface area contributed by atoms with Gasteiger partial charge in [-0.3, -0.25) is 10.1 Å². The molecule has 7 heteroatoms. The van der Waals surface area contributed by atoms with E-state index in [0.29, 0.717) is 12.2 Å². The van der Waals surface area contributed by atoms with Gasteiger partial charge >= 0.3 is 5.97 Å². The summed E-state index contributed by atoms with van der Waals surface area (Å²) in [4.78, 5) is 25.8. The molecule has 2 aromatic rings. The first kappa shape index (κ1) is 14.7. The fraction of sp³-hybridized carbons (Fsp3) is 0.286. The Morgan fingerprint density at radius 2 is 2.10 bits per heavy atom. The number of nitrogens with zero attached hydrogens (tertiary/aromatic N) is 2. The number of ether oxygens (including phenoxy) is 1. The lowest BCUT2D eigenvalue weighted by atomic mass is 10.2. The van der Waals surface area contributed by atoms with Crippen LogP contribution in [0.25, 0.3) is 11.5 Å². The zero-order valence-corrected chi connectivity index (χ0v) is 11.4. The average molecular weight is 290 g/mol. The van der Waals surface area contributed by atoms with E-state index in [2.05, 4.69) is 4.98 Å². The maximum Gasteiger partial charge on any atom is 0.360 e. The van der Waals surface area contributed by atoms with Gasteiger partial charge in [0, 0.05) is 17.7 Å². The highest BCUT2D eigenvalue weighted by Gasteiger charge is 2.15. The van der Waals surface area contributed by atoms with Gasteiger partial charge in [-0.15, -0.1) is 0 Å². The smallest absolute Gasteiger partial charge is 0.360 e. The lowest BCUT2D eigenvalue weighted by molar-refractivity contribution is -0.384. The predicted molar refractivity (Wildman–Crippen MR) is 73.8 cm³/mol. The number of rotatable bonds is 6. The van der Waals surface area contributed by atoms with E-state index in [4.69, 9.17) is 9.15 Å². The molecule has 0 N–H and O–H groups in total. The maximum absolute atomic E-state index is 11.7. The number of esters is 1. The highest BCUT2D eigenvalue weighted by molar-refractivity contribution is 5.87. The Morgan fingerprint density at radius 3 is 2.71 bits per heavy atom. The molecule has 0 saturated heterocycles. The van der Waals surface area contributed by atoms with Gasteiger partial charge in [0.25, 0.3) is 5.69 Å². The van der Waals surface area contributed by atoms with Crippen LogP contribution in [0.5, 0.6) is 0 Å². The molecule has 0 bridgehead atoms. The lowest BCUT2D eigenvalue weighted by Crippen LogP contribution is -2.06. The molecule has 0 saturated carbocycles. The van der Waals surface area contributed by atoms with Gasteiger partial charge in [0.05, 0.1) is 11.5 Å². The molecule has 0 atom stereocenters. The van der Waals surface area contributed by atoms with Crippen LogP contribution in [0.3, 0.4) is 0 Å². The van der Waals surface area contributed by atoms with Gasteiger partial charge in [-0.1, -0.05) is 13.3 Å². The van der Waals surface area contributed by atoms with Crippen LogP contribution in [0, 0.1) is 10.1 Å². The summed E-state index contributed by atoms with van der Waals surface area (Å²) < 4.78 is 10.2. The minimum absolute atomic E-state index is 0.0236. The van der Waals surface area contributed by atoms with E-state index in [1.54, 1.807) is 0 Å². The minimum atomic E-state index is -0.541. The Kier molecular flexibility index (Phi) is 4.65. The van der Waals surface area contributed by atoms with Crippen LogP contribution >= 0.6 is 0 Å². The van der Waals surface area contributed by atoms with Crippen LogP contribution in [0.15, 0.2) is 34.9 Å². The molecule has 0 aliphatic heterocycles. The average Bonchev–Trinajstić information content (AvgIpc) is 2.97. The Hall–Kier alpha value is -2.70. The van der Waals surface area contributed by atoms with Gasteiger partial charge in [-0.25, -0.2) is 9.78 Å². The summed E-state index contributed by atoms with van der Waals surface area (Å²) >= 11 is 0. The van der Waals surface area contributed by atoms with Crippen molar-refractivity contribution >= 4 is 11.7 Å². The SMILES string of the molecule is CCCCOC(=O)c1coc(-c2ccc([N+](=O)[O-])cc2)n1. The second-order valence-electron chi connectivity index (χ2n) is 4.33. The lowest BCUT2D eigenvalue weighted by Gasteiger charge is -1.99. The van der Waals surface area contributed by atoms with E-state index < -0.39 is 10.9 Å². The standard InChI is InChI=1S/C14H14N2O5/c1-2-3-8-20-14(17)12-9-21-13(15-12)10-4-6-11(7-5-10)16(18)19/h4-7,9H,2-3,8H2,1H3. The van der Waals surface area contributed by atoms with Crippen LogP contribution < -0.4 is 0 Å². The fourth-order valence-corrected chi connectivity index (χ4v) is 1.61. The van der Waals surface area contributed by atoms with E-state index in [-0.39, 0.29) is 17.3 Å². The molecular weight excluding hydrogens is 276 g/mol. The molecule has 0 aliphatic rings. The Morgan fingerprint density at radius 1 is 1.38 bits per heavy atom. The molecule has 1 aromatic heterocycles. The molecular formula is C14H14N2O5. The van der Waals surface area contributed by atoms with Crippen molar-refractivity contribution in [2.45, 2.75) is 19.8 Å². The number of non-ortho nitro benzene ring substituents is 1. The topological polar surface area (TPSA) is 95.5 Å². The molecule has 1 aromatic carbocycles. The zero-order chi connectivity index (χ0) is 15.2. The number of nitro groups is 1. The van der Waals surface area contributed by atoms with Gasteiger partial charge in [0.15, 0.2) is 5.69 Å². The quantitative estimate of drug-likeness (QED) is 0.351. The second kappa shape index (κ2) is 6.65. The monoisotopic (exact) mass is 290 g/mol. The number of unbranched alkanes of at least 4 members (excludes halogenated alkanes) is 1. The van der Waals surface area contributed by atoms with Crippen molar-refractivity contribution in [1.29, 1.82) is 0 Å². The van der Waals surface area contributed by atoms with Crippen molar-refractivity contribution in [3.63, 3.8) is 0 Å². The first-order chi connectivity index (χ1) is 10.1. The summed E-state index contributed by atoms with van der Waals surface area (Å²) in [5.41, 5.74) is 0.608. The number of hydrogen-bond donors (Lipinski definition) is 0. The van der Waals surface area contributed by atoms with E-state index >= 15 is 0 Å². The summed E-state index contributed by atoms with van der Waals surface area (Å²) in [7, 11) is 0. The molecule has 0 amide bonds. The van der Waals surface area contributed by atoms with E-state index in [0.717, 1.165) is 12.8 Å². The van der Waals surface area contributed by atoms with Gasteiger partial charge in [0.1, 0.15) is 6.26 Å². The zero-order valence-electron chi connectivity index (χ0n) is 11.4. The Bertz CT molecular complexity index is 633. The summed E-state index contributed by atoms with van der Waals surface area (Å²) in [6.45, 7) is 2.34. The van der Waals surface area contributed by atoms with Crippen LogP contribution in [-0.4, -0.2) is 22.5 Å². The third-order valence-corrected chi connectivity index (χ3v) is 2.77. The number of aromatic nitrogens is 1. The van der Waals surface area contributed by atoms with E-state index in [1.165, 1.54) is 30.5 Å². The highest BCUT2D eigenvalue weighted by atomic mass is 16.6. The number of nitro benzene ring substituents is 1. The second-order valence-corrected chi connectivity index (χ2v) is 4.33. The molecule has 0 radical (unpaired) electrons. The van der Waals surface area contributed by atoms with Gasteiger partial charge < -0.3 is 9.15 Å². The Labute approximate surface area is 120 Å². The van der Waals surface area contributed by atoms with Crippen LogP contribution in [0.1, 0.15) is 30.3 Å². The number of carbonyl (C=O) groups is 1. The van der Waals surface area contributed by atoms with Crippen molar-refractivity contribution < 1.29 is 18.9 Å².